The number of aliphatic carboxylic acids is 1. The lowest BCUT2D eigenvalue weighted by atomic mass is 9.70. The number of carboxylic acid groups (broad SMARTS) is 1. The van der Waals surface area contributed by atoms with E-state index in [0.29, 0.717) is 23.5 Å². The fourth-order valence-electron chi connectivity index (χ4n) is 10.6. The zero-order chi connectivity index (χ0) is 57.4. The van der Waals surface area contributed by atoms with E-state index in [4.69, 9.17) is 19.0 Å². The van der Waals surface area contributed by atoms with Gasteiger partial charge in [0, 0.05) is 31.9 Å². The van der Waals surface area contributed by atoms with Crippen molar-refractivity contribution >= 4 is 42.9 Å². The number of thiophene rings is 2. The number of methoxy groups -OCH3 is 1. The maximum atomic E-state index is 12.1. The molecule has 0 aliphatic rings. The first-order valence-corrected chi connectivity index (χ1v) is 32.4. The minimum absolute atomic E-state index is 0.0680. The highest BCUT2D eigenvalue weighted by Crippen LogP contribution is 2.47. The van der Waals surface area contributed by atoms with Crippen LogP contribution in [0.15, 0.2) is 84.9 Å². The van der Waals surface area contributed by atoms with Gasteiger partial charge in [-0.25, -0.2) is 4.79 Å². The number of hydrogen-bond donors (Lipinski definition) is 3. The van der Waals surface area contributed by atoms with Gasteiger partial charge in [0.05, 0.1) is 18.8 Å². The van der Waals surface area contributed by atoms with Gasteiger partial charge >= 0.3 is 11.9 Å². The number of benzene rings is 4. The highest BCUT2D eigenvalue weighted by atomic mass is 32.1. The first kappa shape index (κ1) is 62.8. The topological polar surface area (TPSA) is 123 Å². The van der Waals surface area contributed by atoms with Crippen LogP contribution < -0.4 is 9.16 Å². The number of ether oxygens (including phenoxy) is 2. The van der Waals surface area contributed by atoms with Gasteiger partial charge in [-0.3, -0.25) is 4.79 Å². The van der Waals surface area contributed by atoms with E-state index in [0.717, 1.165) is 52.3 Å². The van der Waals surface area contributed by atoms with Crippen LogP contribution in [0.25, 0.3) is 20.9 Å². The highest BCUT2D eigenvalue weighted by Gasteiger charge is 2.40. The molecule has 1 atom stereocenters. The highest BCUT2D eigenvalue weighted by molar-refractivity contribution is 7.17. The van der Waals surface area contributed by atoms with Crippen molar-refractivity contribution in [2.45, 2.75) is 196 Å². The second-order valence-electron chi connectivity index (χ2n) is 22.8. The number of carboxylic acids is 1. The van der Waals surface area contributed by atoms with E-state index in [1.807, 2.05) is 32.9 Å². The third-order valence-corrected chi connectivity index (χ3v) is 24.1. The smallest absolute Gasteiger partial charge is 0.348 e. The van der Waals surface area contributed by atoms with E-state index in [9.17, 15) is 19.8 Å². The molecule has 6 aromatic rings. The van der Waals surface area contributed by atoms with Gasteiger partial charge in [-0.05, 0) is 196 Å². The molecule has 11 heteroatoms. The Morgan fingerprint density at radius 1 is 0.584 bits per heavy atom. The Morgan fingerprint density at radius 3 is 1.42 bits per heavy atom. The average molecular weight is 1100 g/mol. The predicted molar refractivity (Wildman–Crippen MR) is 326 cm³/mol. The van der Waals surface area contributed by atoms with Crippen molar-refractivity contribution in [3.63, 3.8) is 0 Å². The number of aryl methyl sites for hydroxylation is 6. The summed E-state index contributed by atoms with van der Waals surface area (Å²) in [5.74, 6) is 0.515. The van der Waals surface area contributed by atoms with Crippen LogP contribution in [0.5, 0.6) is 11.5 Å². The van der Waals surface area contributed by atoms with Crippen molar-refractivity contribution in [2.75, 3.05) is 13.7 Å². The number of esters is 1. The zero-order valence-corrected chi connectivity index (χ0v) is 52.4. The molecule has 0 saturated heterocycles. The molecular formula is C66H90O8S2Si. The van der Waals surface area contributed by atoms with Crippen LogP contribution in [0.4, 0.5) is 0 Å². The molecule has 0 amide bonds. The summed E-state index contributed by atoms with van der Waals surface area (Å²) in [6.45, 7) is 37.4. The molecule has 4 aromatic carbocycles. The molecule has 0 saturated carbocycles. The summed E-state index contributed by atoms with van der Waals surface area (Å²) in [5.41, 5.74) is 13.5. The summed E-state index contributed by atoms with van der Waals surface area (Å²) in [4.78, 5) is 26.9. The Balaban J connectivity index is 0.000000285. The lowest BCUT2D eigenvalue weighted by Gasteiger charge is -2.38. The zero-order valence-electron chi connectivity index (χ0n) is 49.7. The number of aliphatic hydroxyl groups is 2. The lowest BCUT2D eigenvalue weighted by molar-refractivity contribution is -0.137. The van der Waals surface area contributed by atoms with Crippen LogP contribution in [0.1, 0.15) is 184 Å². The van der Waals surface area contributed by atoms with Crippen LogP contribution in [0.2, 0.25) is 18.1 Å². The Hall–Kier alpha value is -5.04. The summed E-state index contributed by atoms with van der Waals surface area (Å²) in [5, 5.41) is 30.2. The number of aliphatic hydroxyl groups excluding tert-OH is 1. The predicted octanol–water partition coefficient (Wildman–Crippen LogP) is 17.7. The van der Waals surface area contributed by atoms with Crippen LogP contribution in [0.3, 0.4) is 0 Å². The van der Waals surface area contributed by atoms with Crippen LogP contribution in [-0.4, -0.2) is 55.4 Å². The van der Waals surface area contributed by atoms with Crippen molar-refractivity contribution in [1.29, 1.82) is 0 Å². The average Bonchev–Trinajstić information content (AvgIpc) is 3.98. The van der Waals surface area contributed by atoms with Gasteiger partial charge in [-0.15, -0.1) is 22.7 Å². The quantitative estimate of drug-likeness (QED) is 0.0454. The second-order valence-corrected chi connectivity index (χ2v) is 29.7. The standard InChI is InChI=1S/C34H46O5S.C32H44O3SSi/c1-8-33(9-2,26-13-16-29(23(6)19-26)39-21-27(35)14-17-31(36)37)25-12-15-28(22(5)18-25)32-24(7)20-30(40-32)34(38,10-3)11-4;1-12-32(13-2,25-15-17-27(22(4)19-25)35-37(10,11)31(6,7)8)24-14-16-26(21(3)18-24)29-23(5)20-28(36-29)30(33)34-9/h12-13,15-16,18-20,27,35,38H,8-11,14,17,21H2,1-7H3,(H,36,37);14-20H,12-13H2,1-11H3/t27-;/m1./s1. The molecule has 6 rings (SSSR count). The molecule has 0 spiro atoms. The Labute approximate surface area is 471 Å². The minimum atomic E-state index is -1.91. The summed E-state index contributed by atoms with van der Waals surface area (Å²) < 4.78 is 17.5. The normalized spacial score (nSPS) is 12.7. The minimum Gasteiger partial charge on any atom is -0.543 e. The van der Waals surface area contributed by atoms with Gasteiger partial charge in [-0.2, -0.15) is 0 Å². The molecule has 77 heavy (non-hydrogen) atoms. The van der Waals surface area contributed by atoms with Gasteiger partial charge in [0.1, 0.15) is 23.0 Å². The van der Waals surface area contributed by atoms with E-state index in [1.165, 1.54) is 79.0 Å². The van der Waals surface area contributed by atoms with Crippen LogP contribution >= 0.6 is 22.7 Å². The first-order chi connectivity index (χ1) is 36.1. The Bertz CT molecular complexity index is 2980. The molecule has 3 N–H and O–H groups in total. The van der Waals surface area contributed by atoms with E-state index in [1.54, 1.807) is 11.3 Å². The molecular weight excluding hydrogens is 1010 g/mol. The fourth-order valence-corrected chi connectivity index (χ4v) is 14.3. The summed E-state index contributed by atoms with van der Waals surface area (Å²) in [6, 6.07) is 30.8. The Kier molecular flexibility index (Phi) is 21.1. The maximum absolute atomic E-state index is 12.1. The lowest BCUT2D eigenvalue weighted by Crippen LogP contribution is -2.44. The largest absolute Gasteiger partial charge is 0.543 e. The fraction of sp³-hybridized carbons (Fsp3) is 0.485. The molecule has 418 valence electrons. The van der Waals surface area contributed by atoms with Gasteiger partial charge in [0.15, 0.2) is 0 Å². The molecule has 0 fully saturated rings. The number of carbonyl (C=O) groups excluding carboxylic acids is 1. The second kappa shape index (κ2) is 25.8. The van der Waals surface area contributed by atoms with Crippen LogP contribution in [0, 0.1) is 41.5 Å². The van der Waals surface area contributed by atoms with Gasteiger partial charge in [0.2, 0.25) is 8.32 Å². The summed E-state index contributed by atoms with van der Waals surface area (Å²) in [7, 11) is -0.477. The maximum Gasteiger partial charge on any atom is 0.348 e. The molecule has 2 aromatic heterocycles. The molecule has 0 aliphatic heterocycles. The van der Waals surface area contributed by atoms with Gasteiger partial charge in [0.25, 0.3) is 0 Å². The van der Waals surface area contributed by atoms with Crippen molar-refractivity contribution in [1.82, 2.24) is 0 Å². The van der Waals surface area contributed by atoms with Crippen LogP contribution in [-0.2, 0) is 26.0 Å². The SMILES string of the molecule is CCC(CC)(c1ccc(O[Si](C)(C)C(C)(C)C)c(C)c1)c1ccc(-c2sc(C(=O)OC)cc2C)c(C)c1.CCC(O)(CC)c1cc(C)c(-c2ccc(C(CC)(CC)c3ccc(OC[C@H](O)CCC(=O)O)c(C)c3)cc2C)s1. The molecule has 0 bridgehead atoms. The Morgan fingerprint density at radius 2 is 1.01 bits per heavy atom. The third kappa shape index (κ3) is 13.7. The van der Waals surface area contributed by atoms with E-state index in [2.05, 4.69) is 169 Å². The molecule has 8 nitrogen and oxygen atoms in total. The number of hydrogen-bond acceptors (Lipinski definition) is 9. The third-order valence-electron chi connectivity index (χ3n) is 17.1. The monoisotopic (exact) mass is 1100 g/mol. The van der Waals surface area contributed by atoms with Crippen molar-refractivity contribution in [2.24, 2.45) is 0 Å². The van der Waals surface area contributed by atoms with Crippen molar-refractivity contribution in [3.8, 4) is 32.4 Å². The van der Waals surface area contributed by atoms with E-state index >= 15 is 0 Å². The van der Waals surface area contributed by atoms with Gasteiger partial charge < -0.3 is 29.2 Å². The number of rotatable bonds is 22. The summed E-state index contributed by atoms with van der Waals surface area (Å²) in [6.07, 6.45) is 4.57. The summed E-state index contributed by atoms with van der Waals surface area (Å²) >= 11 is 3.21. The molecule has 0 unspecified atom stereocenters. The van der Waals surface area contributed by atoms with Crippen molar-refractivity contribution in [3.05, 3.63) is 150 Å². The molecule has 2 heterocycles. The molecule has 0 aliphatic carbocycles. The molecule has 0 radical (unpaired) electrons. The van der Waals surface area contributed by atoms with E-state index in [-0.39, 0.29) is 41.3 Å². The first-order valence-electron chi connectivity index (χ1n) is 27.8. The van der Waals surface area contributed by atoms with Gasteiger partial charge in [-0.1, -0.05) is 123 Å². The van der Waals surface area contributed by atoms with E-state index < -0.39 is 26.0 Å². The number of carbonyl (C=O) groups is 2. The van der Waals surface area contributed by atoms with Crippen molar-refractivity contribution < 1.29 is 38.8 Å².